The first-order chi connectivity index (χ1) is 9.24. The molecule has 2 N–H and O–H groups in total. The zero-order valence-electron chi connectivity index (χ0n) is 12.0. The Morgan fingerprint density at radius 1 is 1.26 bits per heavy atom. The van der Waals surface area contributed by atoms with Gasteiger partial charge in [-0.05, 0) is 51.2 Å². The van der Waals surface area contributed by atoms with Crippen LogP contribution in [0.4, 0.5) is 0 Å². The van der Waals surface area contributed by atoms with Gasteiger partial charge in [-0.15, -0.1) is 0 Å². The van der Waals surface area contributed by atoms with Crippen molar-refractivity contribution in [1.29, 1.82) is 0 Å². The fraction of sp³-hybridized carbons (Fsp3) is 0.600. The van der Waals surface area contributed by atoms with Crippen LogP contribution < -0.4 is 5.73 Å². The summed E-state index contributed by atoms with van der Waals surface area (Å²) in [7, 11) is 0. The van der Waals surface area contributed by atoms with Gasteiger partial charge in [0.05, 0.1) is 12.2 Å². The monoisotopic (exact) mass is 260 g/mol. The molecule has 0 bridgehead atoms. The van der Waals surface area contributed by atoms with Crippen molar-refractivity contribution in [2.45, 2.75) is 46.1 Å². The van der Waals surface area contributed by atoms with Crippen molar-refractivity contribution in [2.24, 2.45) is 10.7 Å². The van der Waals surface area contributed by atoms with E-state index >= 15 is 0 Å². The van der Waals surface area contributed by atoms with Crippen molar-refractivity contribution in [3.63, 3.8) is 0 Å². The Kier molecular flexibility index (Phi) is 4.77. The molecule has 4 heteroatoms. The lowest BCUT2D eigenvalue weighted by Crippen LogP contribution is -2.37. The molecular weight excluding hydrogens is 236 g/mol. The SMILES string of the molecule is CCN(CC)C(N)=NCc1ccc2c(n1)CCCC2. The molecular formula is C15H24N4. The molecule has 0 saturated heterocycles. The summed E-state index contributed by atoms with van der Waals surface area (Å²) in [6, 6.07) is 4.29. The maximum absolute atomic E-state index is 5.97. The molecule has 1 aliphatic carbocycles. The Morgan fingerprint density at radius 3 is 2.74 bits per heavy atom. The molecule has 0 unspecified atom stereocenters. The molecule has 0 atom stereocenters. The zero-order valence-corrected chi connectivity index (χ0v) is 12.0. The van der Waals surface area contributed by atoms with Gasteiger partial charge in [0.25, 0.3) is 0 Å². The number of hydrogen-bond donors (Lipinski definition) is 1. The fourth-order valence-electron chi connectivity index (χ4n) is 2.53. The average Bonchev–Trinajstić information content (AvgIpc) is 2.46. The molecule has 1 aliphatic rings. The molecule has 1 heterocycles. The minimum Gasteiger partial charge on any atom is -0.370 e. The lowest BCUT2D eigenvalue weighted by atomic mass is 9.96. The van der Waals surface area contributed by atoms with Crippen LogP contribution >= 0.6 is 0 Å². The number of rotatable bonds is 4. The molecule has 0 saturated carbocycles. The lowest BCUT2D eigenvalue weighted by molar-refractivity contribution is 0.458. The summed E-state index contributed by atoms with van der Waals surface area (Å²) in [6.45, 7) is 6.54. The van der Waals surface area contributed by atoms with Crippen molar-refractivity contribution in [2.75, 3.05) is 13.1 Å². The standard InChI is InChI=1S/C15H24N4/c1-3-19(4-2)15(16)17-11-13-10-9-12-7-5-6-8-14(12)18-13/h9-10H,3-8,11H2,1-2H3,(H2,16,17). The summed E-state index contributed by atoms with van der Waals surface area (Å²) in [5.41, 5.74) is 9.67. The summed E-state index contributed by atoms with van der Waals surface area (Å²) < 4.78 is 0. The maximum Gasteiger partial charge on any atom is 0.191 e. The largest absolute Gasteiger partial charge is 0.370 e. The van der Waals surface area contributed by atoms with Gasteiger partial charge in [-0.2, -0.15) is 0 Å². The number of pyridine rings is 1. The van der Waals surface area contributed by atoms with Gasteiger partial charge in [0, 0.05) is 18.8 Å². The number of aliphatic imine (C=N–C) groups is 1. The van der Waals surface area contributed by atoms with E-state index in [1.807, 2.05) is 0 Å². The highest BCUT2D eigenvalue weighted by Gasteiger charge is 2.11. The first kappa shape index (κ1) is 13.8. The summed E-state index contributed by atoms with van der Waals surface area (Å²) in [6.07, 6.45) is 4.83. The second-order valence-electron chi connectivity index (χ2n) is 4.96. The van der Waals surface area contributed by atoms with Crippen LogP contribution in [0.25, 0.3) is 0 Å². The van der Waals surface area contributed by atoms with E-state index in [0.717, 1.165) is 25.2 Å². The minimum atomic E-state index is 0.579. The summed E-state index contributed by atoms with van der Waals surface area (Å²) >= 11 is 0. The van der Waals surface area contributed by atoms with Gasteiger partial charge in [-0.1, -0.05) is 6.07 Å². The first-order valence-corrected chi connectivity index (χ1v) is 7.27. The smallest absolute Gasteiger partial charge is 0.191 e. The van der Waals surface area contributed by atoms with Crippen molar-refractivity contribution in [1.82, 2.24) is 9.88 Å². The van der Waals surface area contributed by atoms with Gasteiger partial charge in [0.1, 0.15) is 0 Å². The van der Waals surface area contributed by atoms with E-state index in [-0.39, 0.29) is 0 Å². The van der Waals surface area contributed by atoms with Crippen molar-refractivity contribution >= 4 is 5.96 Å². The quantitative estimate of drug-likeness (QED) is 0.666. The van der Waals surface area contributed by atoms with Gasteiger partial charge >= 0.3 is 0 Å². The van der Waals surface area contributed by atoms with E-state index in [1.165, 1.54) is 30.5 Å². The molecule has 1 aromatic rings. The van der Waals surface area contributed by atoms with Crippen LogP contribution in [0.5, 0.6) is 0 Å². The van der Waals surface area contributed by atoms with Crippen LogP contribution in [0.3, 0.4) is 0 Å². The van der Waals surface area contributed by atoms with Crippen molar-refractivity contribution in [3.8, 4) is 0 Å². The van der Waals surface area contributed by atoms with Gasteiger partial charge < -0.3 is 10.6 Å². The first-order valence-electron chi connectivity index (χ1n) is 7.27. The molecule has 0 aliphatic heterocycles. The maximum atomic E-state index is 5.97. The summed E-state index contributed by atoms with van der Waals surface area (Å²) in [4.78, 5) is 11.2. The normalized spacial score (nSPS) is 15.2. The van der Waals surface area contributed by atoms with E-state index in [2.05, 4.69) is 35.9 Å². The number of hydrogen-bond acceptors (Lipinski definition) is 2. The Balaban J connectivity index is 2.05. The van der Waals surface area contributed by atoms with Gasteiger partial charge in [-0.3, -0.25) is 4.98 Å². The number of aryl methyl sites for hydroxylation is 2. The van der Waals surface area contributed by atoms with Crippen LogP contribution in [0.2, 0.25) is 0 Å². The molecule has 1 aromatic heterocycles. The van der Waals surface area contributed by atoms with E-state index in [0.29, 0.717) is 12.5 Å². The number of nitrogens with two attached hydrogens (primary N) is 1. The Morgan fingerprint density at radius 2 is 2.00 bits per heavy atom. The van der Waals surface area contributed by atoms with Crippen LogP contribution in [0.1, 0.15) is 43.6 Å². The second kappa shape index (κ2) is 6.55. The van der Waals surface area contributed by atoms with E-state index < -0.39 is 0 Å². The van der Waals surface area contributed by atoms with Crippen molar-refractivity contribution in [3.05, 3.63) is 29.1 Å². The van der Waals surface area contributed by atoms with Gasteiger partial charge in [0.2, 0.25) is 0 Å². The molecule has 104 valence electrons. The second-order valence-corrected chi connectivity index (χ2v) is 4.96. The number of aromatic nitrogens is 1. The Bertz CT molecular complexity index is 449. The fourth-order valence-corrected chi connectivity index (χ4v) is 2.53. The average molecular weight is 260 g/mol. The van der Waals surface area contributed by atoms with E-state index in [9.17, 15) is 0 Å². The molecule has 4 nitrogen and oxygen atoms in total. The third-order valence-corrected chi connectivity index (χ3v) is 3.73. The number of guanidine groups is 1. The van der Waals surface area contributed by atoms with Gasteiger partial charge in [0.15, 0.2) is 5.96 Å². The van der Waals surface area contributed by atoms with Crippen LogP contribution in [-0.4, -0.2) is 28.9 Å². The third-order valence-electron chi connectivity index (χ3n) is 3.73. The molecule has 0 spiro atoms. The Hall–Kier alpha value is -1.58. The highest BCUT2D eigenvalue weighted by molar-refractivity contribution is 5.77. The lowest BCUT2D eigenvalue weighted by Gasteiger charge is -2.19. The summed E-state index contributed by atoms with van der Waals surface area (Å²) in [5, 5.41) is 0. The number of fused-ring (bicyclic) bond motifs is 1. The topological polar surface area (TPSA) is 54.5 Å². The molecule has 19 heavy (non-hydrogen) atoms. The van der Waals surface area contributed by atoms with Gasteiger partial charge in [-0.25, -0.2) is 4.99 Å². The van der Waals surface area contributed by atoms with E-state index in [4.69, 9.17) is 10.7 Å². The molecule has 0 aromatic carbocycles. The third kappa shape index (κ3) is 3.46. The molecule has 0 fully saturated rings. The predicted octanol–water partition coefficient (Wildman–Crippen LogP) is 2.12. The van der Waals surface area contributed by atoms with Crippen LogP contribution in [0.15, 0.2) is 17.1 Å². The van der Waals surface area contributed by atoms with Crippen LogP contribution in [-0.2, 0) is 19.4 Å². The minimum absolute atomic E-state index is 0.579. The van der Waals surface area contributed by atoms with Crippen molar-refractivity contribution < 1.29 is 0 Å². The highest BCUT2D eigenvalue weighted by atomic mass is 15.2. The predicted molar refractivity (Wildman–Crippen MR) is 79.1 cm³/mol. The zero-order chi connectivity index (χ0) is 13.7. The Labute approximate surface area is 115 Å². The van der Waals surface area contributed by atoms with Crippen LogP contribution in [0, 0.1) is 0 Å². The number of nitrogens with zero attached hydrogens (tertiary/aromatic N) is 3. The molecule has 0 amide bonds. The molecule has 2 rings (SSSR count). The highest BCUT2D eigenvalue weighted by Crippen LogP contribution is 2.19. The van der Waals surface area contributed by atoms with E-state index in [1.54, 1.807) is 0 Å². The summed E-state index contributed by atoms with van der Waals surface area (Å²) in [5.74, 6) is 0.615. The molecule has 0 radical (unpaired) electrons.